The van der Waals surface area contributed by atoms with Crippen molar-refractivity contribution in [3.63, 3.8) is 0 Å². The molecule has 0 N–H and O–H groups in total. The third kappa shape index (κ3) is 3.13. The summed E-state index contributed by atoms with van der Waals surface area (Å²) >= 11 is 5.93. The molecule has 0 aromatic carbocycles. The van der Waals surface area contributed by atoms with Crippen LogP contribution in [0.25, 0.3) is 5.65 Å². The van der Waals surface area contributed by atoms with E-state index >= 15 is 0 Å². The molecule has 0 atom stereocenters. The smallest absolute Gasteiger partial charge is 0.326 e. The number of hydrogen-bond donors (Lipinski definition) is 0. The van der Waals surface area contributed by atoms with E-state index in [0.29, 0.717) is 5.65 Å². The van der Waals surface area contributed by atoms with Gasteiger partial charge in [0.25, 0.3) is 0 Å². The fourth-order valence-electron chi connectivity index (χ4n) is 1.90. The van der Waals surface area contributed by atoms with Crippen molar-refractivity contribution in [1.29, 1.82) is 0 Å². The second-order valence-corrected chi connectivity index (χ2v) is 4.43. The molecule has 0 aliphatic carbocycles. The molecule has 2 rings (SSSR count). The van der Waals surface area contributed by atoms with Crippen molar-refractivity contribution in [2.45, 2.75) is 19.8 Å². The highest BCUT2D eigenvalue weighted by Gasteiger charge is 2.34. The predicted octanol–water partition coefficient (Wildman–Crippen LogP) is 1.59. The zero-order valence-electron chi connectivity index (χ0n) is 11.6. The maximum atomic E-state index is 12.1. The third-order valence-electron chi connectivity index (χ3n) is 2.70. The van der Waals surface area contributed by atoms with Crippen LogP contribution in [0.4, 0.5) is 0 Å². The average molecular weight is 312 g/mol. The number of carbonyl (C=O) groups is 2. The molecule has 7 nitrogen and oxygen atoms in total. The van der Waals surface area contributed by atoms with Crippen LogP contribution in [0.2, 0.25) is 5.15 Å². The Morgan fingerprint density at radius 1 is 1.29 bits per heavy atom. The van der Waals surface area contributed by atoms with Gasteiger partial charge in [0, 0.05) is 6.07 Å². The van der Waals surface area contributed by atoms with E-state index < -0.39 is 17.9 Å². The minimum atomic E-state index is -1.26. The van der Waals surface area contributed by atoms with Crippen LogP contribution in [0.3, 0.4) is 0 Å². The van der Waals surface area contributed by atoms with E-state index in [0.717, 1.165) is 0 Å². The van der Waals surface area contributed by atoms with Crippen molar-refractivity contribution in [2.24, 2.45) is 0 Å². The Kier molecular flexibility index (Phi) is 4.74. The fourth-order valence-corrected chi connectivity index (χ4v) is 2.10. The molecule has 0 bridgehead atoms. The highest BCUT2D eigenvalue weighted by Crippen LogP contribution is 2.23. The third-order valence-corrected chi connectivity index (χ3v) is 2.89. The van der Waals surface area contributed by atoms with Gasteiger partial charge in [-0.2, -0.15) is 5.10 Å². The monoisotopic (exact) mass is 311 g/mol. The molecule has 2 heterocycles. The van der Waals surface area contributed by atoms with E-state index in [4.69, 9.17) is 21.1 Å². The molecule has 0 saturated heterocycles. The Morgan fingerprint density at radius 2 is 1.90 bits per heavy atom. The summed E-state index contributed by atoms with van der Waals surface area (Å²) in [7, 11) is 0. The van der Waals surface area contributed by atoms with E-state index in [9.17, 15) is 9.59 Å². The SMILES string of the molecule is CCOC(=O)C(C(=O)OCC)c1cc(Cl)nc2ccnn12. The summed E-state index contributed by atoms with van der Waals surface area (Å²) in [6.45, 7) is 3.61. The van der Waals surface area contributed by atoms with Gasteiger partial charge in [-0.05, 0) is 19.9 Å². The van der Waals surface area contributed by atoms with Crippen LogP contribution in [0.1, 0.15) is 25.5 Å². The summed E-state index contributed by atoms with van der Waals surface area (Å²) in [6, 6.07) is 3.02. The summed E-state index contributed by atoms with van der Waals surface area (Å²) in [5, 5.41) is 4.20. The Hall–Kier alpha value is -2.15. The number of hydrogen-bond acceptors (Lipinski definition) is 6. The molecule has 0 saturated carbocycles. The number of esters is 2. The minimum absolute atomic E-state index is 0.149. The summed E-state index contributed by atoms with van der Waals surface area (Å²) in [5.74, 6) is -2.68. The summed E-state index contributed by atoms with van der Waals surface area (Å²) in [4.78, 5) is 28.3. The number of rotatable bonds is 5. The number of halogens is 1. The van der Waals surface area contributed by atoms with E-state index in [2.05, 4.69) is 10.1 Å². The number of ether oxygens (including phenoxy) is 2. The lowest BCUT2D eigenvalue weighted by atomic mass is 10.1. The molecule has 112 valence electrons. The highest BCUT2D eigenvalue weighted by molar-refractivity contribution is 6.29. The molecule has 2 aromatic rings. The average Bonchev–Trinajstić information content (AvgIpc) is 2.87. The zero-order chi connectivity index (χ0) is 15.4. The molecule has 8 heteroatoms. The van der Waals surface area contributed by atoms with Gasteiger partial charge in [-0.25, -0.2) is 9.50 Å². The second-order valence-electron chi connectivity index (χ2n) is 4.04. The Balaban J connectivity index is 2.54. The lowest BCUT2D eigenvalue weighted by Gasteiger charge is -2.15. The van der Waals surface area contributed by atoms with E-state index in [1.54, 1.807) is 19.9 Å². The minimum Gasteiger partial charge on any atom is -0.465 e. The predicted molar refractivity (Wildman–Crippen MR) is 74.0 cm³/mol. The fraction of sp³-hybridized carbons (Fsp3) is 0.385. The quantitative estimate of drug-likeness (QED) is 0.474. The van der Waals surface area contributed by atoms with Crippen molar-refractivity contribution in [1.82, 2.24) is 14.6 Å². The first-order valence-corrected chi connectivity index (χ1v) is 6.79. The first-order chi connectivity index (χ1) is 10.1. The highest BCUT2D eigenvalue weighted by atomic mass is 35.5. The van der Waals surface area contributed by atoms with Gasteiger partial charge in [0.15, 0.2) is 11.6 Å². The number of fused-ring (bicyclic) bond motifs is 1. The number of aromatic nitrogens is 3. The zero-order valence-corrected chi connectivity index (χ0v) is 12.3. The van der Waals surface area contributed by atoms with Gasteiger partial charge < -0.3 is 9.47 Å². The van der Waals surface area contributed by atoms with Crippen LogP contribution >= 0.6 is 11.6 Å². The summed E-state index contributed by atoms with van der Waals surface area (Å²) < 4.78 is 11.3. The van der Waals surface area contributed by atoms with Gasteiger partial charge in [-0.1, -0.05) is 11.6 Å². The molecule has 0 fully saturated rings. The van der Waals surface area contributed by atoms with Crippen molar-refractivity contribution in [3.8, 4) is 0 Å². The van der Waals surface area contributed by atoms with Crippen LogP contribution in [0.15, 0.2) is 18.3 Å². The first kappa shape index (κ1) is 15.2. The van der Waals surface area contributed by atoms with Crippen molar-refractivity contribution in [2.75, 3.05) is 13.2 Å². The van der Waals surface area contributed by atoms with Gasteiger partial charge in [-0.15, -0.1) is 0 Å². The molecule has 0 spiro atoms. The Bertz CT molecular complexity index is 652. The second kappa shape index (κ2) is 6.53. The van der Waals surface area contributed by atoms with Crippen LogP contribution in [-0.4, -0.2) is 39.8 Å². The lowest BCUT2D eigenvalue weighted by Crippen LogP contribution is -2.28. The molecular weight excluding hydrogens is 298 g/mol. The number of nitrogens with zero attached hydrogens (tertiary/aromatic N) is 3. The molecule has 0 unspecified atom stereocenters. The van der Waals surface area contributed by atoms with Gasteiger partial charge in [0.1, 0.15) is 5.15 Å². The molecular formula is C13H14ClN3O4. The topological polar surface area (TPSA) is 82.8 Å². The standard InChI is InChI=1S/C13H14ClN3O4/c1-3-20-12(18)11(13(19)21-4-2)8-7-9(14)16-10-5-6-15-17(8)10/h5-7,11H,3-4H2,1-2H3. The largest absolute Gasteiger partial charge is 0.465 e. The summed E-state index contributed by atoms with van der Waals surface area (Å²) in [6.07, 6.45) is 1.50. The normalized spacial score (nSPS) is 10.9. The maximum Gasteiger partial charge on any atom is 0.326 e. The first-order valence-electron chi connectivity index (χ1n) is 6.42. The van der Waals surface area contributed by atoms with Gasteiger partial charge in [0.05, 0.1) is 25.1 Å². The van der Waals surface area contributed by atoms with Crippen molar-refractivity contribution in [3.05, 3.63) is 29.2 Å². The van der Waals surface area contributed by atoms with E-state index in [-0.39, 0.29) is 24.1 Å². The van der Waals surface area contributed by atoms with Crippen LogP contribution in [0.5, 0.6) is 0 Å². The number of carbonyl (C=O) groups excluding carboxylic acids is 2. The Morgan fingerprint density at radius 3 is 2.48 bits per heavy atom. The maximum absolute atomic E-state index is 12.1. The van der Waals surface area contributed by atoms with Gasteiger partial charge in [0.2, 0.25) is 0 Å². The van der Waals surface area contributed by atoms with E-state index in [1.807, 2.05) is 0 Å². The van der Waals surface area contributed by atoms with Gasteiger partial charge in [-0.3, -0.25) is 9.59 Å². The van der Waals surface area contributed by atoms with Crippen LogP contribution in [-0.2, 0) is 19.1 Å². The summed E-state index contributed by atoms with van der Waals surface area (Å²) in [5.41, 5.74) is 0.683. The molecule has 0 aliphatic heterocycles. The Labute approximate surface area is 125 Å². The molecule has 21 heavy (non-hydrogen) atoms. The lowest BCUT2D eigenvalue weighted by molar-refractivity contribution is -0.157. The molecule has 2 aromatic heterocycles. The molecule has 0 radical (unpaired) electrons. The van der Waals surface area contributed by atoms with E-state index in [1.165, 1.54) is 16.8 Å². The van der Waals surface area contributed by atoms with Crippen molar-refractivity contribution < 1.29 is 19.1 Å². The van der Waals surface area contributed by atoms with Crippen LogP contribution in [0, 0.1) is 0 Å². The molecule has 0 aliphatic rings. The van der Waals surface area contributed by atoms with Crippen molar-refractivity contribution >= 4 is 29.2 Å². The molecule has 0 amide bonds. The van der Waals surface area contributed by atoms with Crippen LogP contribution < -0.4 is 0 Å². The van der Waals surface area contributed by atoms with Gasteiger partial charge >= 0.3 is 11.9 Å².